The van der Waals surface area contributed by atoms with Gasteiger partial charge in [0.15, 0.2) is 6.10 Å². The third kappa shape index (κ3) is 3.52. The molecule has 0 saturated carbocycles. The molecule has 1 aromatic rings. The molecule has 23 heavy (non-hydrogen) atoms. The molecule has 6 nitrogen and oxygen atoms in total. The summed E-state index contributed by atoms with van der Waals surface area (Å²) in [6, 6.07) is 5.24. The molecular formula is C17H20N2O4. The Balaban J connectivity index is 1.55. The van der Waals surface area contributed by atoms with Crippen LogP contribution in [0.15, 0.2) is 18.2 Å². The fourth-order valence-electron chi connectivity index (χ4n) is 2.99. The molecule has 1 aliphatic heterocycles. The standard InChI is InChI=1S/C17H20N2O4/c1-10(23-17(22)14-7-8-15(20)19-14)16(21)18-13-6-5-11-3-2-4-12(11)9-13/h5-6,9-10,14H,2-4,7-8H2,1H3,(H,18,21)(H,19,20)/t10-,14+/m0/s1. The number of carbonyl (C=O) groups excluding carboxylic acids is 3. The van der Waals surface area contributed by atoms with Crippen LogP contribution >= 0.6 is 0 Å². The van der Waals surface area contributed by atoms with Crippen LogP contribution in [-0.2, 0) is 32.0 Å². The van der Waals surface area contributed by atoms with E-state index in [-0.39, 0.29) is 11.8 Å². The molecule has 0 spiro atoms. The second-order valence-corrected chi connectivity index (χ2v) is 6.06. The molecule has 2 atom stereocenters. The van der Waals surface area contributed by atoms with E-state index in [9.17, 15) is 14.4 Å². The number of ether oxygens (including phenoxy) is 1. The van der Waals surface area contributed by atoms with Gasteiger partial charge in [-0.3, -0.25) is 9.59 Å². The van der Waals surface area contributed by atoms with Gasteiger partial charge in [0, 0.05) is 12.1 Å². The van der Waals surface area contributed by atoms with Gasteiger partial charge in [-0.1, -0.05) is 6.07 Å². The van der Waals surface area contributed by atoms with Crippen LogP contribution in [0.25, 0.3) is 0 Å². The van der Waals surface area contributed by atoms with E-state index in [1.54, 1.807) is 0 Å². The number of amides is 2. The van der Waals surface area contributed by atoms with Crippen molar-refractivity contribution in [3.63, 3.8) is 0 Å². The first kappa shape index (κ1) is 15.5. The zero-order chi connectivity index (χ0) is 16.4. The molecule has 0 bridgehead atoms. The van der Waals surface area contributed by atoms with Crippen LogP contribution < -0.4 is 10.6 Å². The van der Waals surface area contributed by atoms with Gasteiger partial charge in [-0.05, 0) is 55.9 Å². The zero-order valence-corrected chi connectivity index (χ0v) is 13.1. The number of benzene rings is 1. The van der Waals surface area contributed by atoms with Gasteiger partial charge in [-0.15, -0.1) is 0 Å². The summed E-state index contributed by atoms with van der Waals surface area (Å²) >= 11 is 0. The molecule has 122 valence electrons. The lowest BCUT2D eigenvalue weighted by Gasteiger charge is -2.16. The van der Waals surface area contributed by atoms with Crippen LogP contribution in [0.3, 0.4) is 0 Å². The lowest BCUT2D eigenvalue weighted by atomic mass is 10.1. The Morgan fingerprint density at radius 1 is 1.26 bits per heavy atom. The average Bonchev–Trinajstić information content (AvgIpc) is 3.15. The number of aryl methyl sites for hydroxylation is 2. The Kier molecular flexibility index (Phi) is 4.32. The van der Waals surface area contributed by atoms with Crippen molar-refractivity contribution >= 4 is 23.5 Å². The van der Waals surface area contributed by atoms with Crippen LogP contribution in [-0.4, -0.2) is 29.9 Å². The maximum Gasteiger partial charge on any atom is 0.329 e. The minimum absolute atomic E-state index is 0.165. The number of hydrogen-bond donors (Lipinski definition) is 2. The molecule has 2 N–H and O–H groups in total. The largest absolute Gasteiger partial charge is 0.451 e. The third-order valence-corrected chi connectivity index (χ3v) is 4.31. The van der Waals surface area contributed by atoms with Gasteiger partial charge in [0.2, 0.25) is 5.91 Å². The van der Waals surface area contributed by atoms with Crippen molar-refractivity contribution in [2.75, 3.05) is 5.32 Å². The molecule has 1 heterocycles. The normalized spacial score (nSPS) is 20.6. The maximum absolute atomic E-state index is 12.2. The highest BCUT2D eigenvalue weighted by Gasteiger charge is 2.30. The second-order valence-electron chi connectivity index (χ2n) is 6.06. The highest BCUT2D eigenvalue weighted by atomic mass is 16.5. The Hall–Kier alpha value is -2.37. The minimum atomic E-state index is -0.909. The quantitative estimate of drug-likeness (QED) is 0.821. The number of hydrogen-bond acceptors (Lipinski definition) is 4. The van der Waals surface area contributed by atoms with E-state index in [4.69, 9.17) is 4.74 Å². The Morgan fingerprint density at radius 2 is 2.04 bits per heavy atom. The van der Waals surface area contributed by atoms with Crippen LogP contribution in [0.4, 0.5) is 5.69 Å². The van der Waals surface area contributed by atoms with Gasteiger partial charge in [0.25, 0.3) is 5.91 Å². The van der Waals surface area contributed by atoms with Crippen molar-refractivity contribution in [2.24, 2.45) is 0 Å². The van der Waals surface area contributed by atoms with Gasteiger partial charge in [-0.2, -0.15) is 0 Å². The second kappa shape index (κ2) is 6.40. The molecular weight excluding hydrogens is 296 g/mol. The maximum atomic E-state index is 12.2. The van der Waals surface area contributed by atoms with Crippen molar-refractivity contribution in [2.45, 2.75) is 51.2 Å². The molecule has 1 fully saturated rings. The van der Waals surface area contributed by atoms with Crippen molar-refractivity contribution < 1.29 is 19.1 Å². The molecule has 1 aliphatic carbocycles. The fourth-order valence-corrected chi connectivity index (χ4v) is 2.99. The first-order chi connectivity index (χ1) is 11.0. The Morgan fingerprint density at radius 3 is 2.78 bits per heavy atom. The highest BCUT2D eigenvalue weighted by Crippen LogP contribution is 2.25. The van der Waals surface area contributed by atoms with Crippen molar-refractivity contribution in [3.8, 4) is 0 Å². The number of rotatable bonds is 4. The van der Waals surface area contributed by atoms with Crippen LogP contribution in [0.5, 0.6) is 0 Å². The van der Waals surface area contributed by atoms with E-state index in [0.717, 1.165) is 19.3 Å². The van der Waals surface area contributed by atoms with E-state index in [1.807, 2.05) is 18.2 Å². The summed E-state index contributed by atoms with van der Waals surface area (Å²) < 4.78 is 5.14. The van der Waals surface area contributed by atoms with Gasteiger partial charge >= 0.3 is 5.97 Å². The summed E-state index contributed by atoms with van der Waals surface area (Å²) in [5, 5.41) is 5.30. The number of anilines is 1. The lowest BCUT2D eigenvalue weighted by Crippen LogP contribution is -2.39. The first-order valence-electron chi connectivity index (χ1n) is 7.95. The Bertz CT molecular complexity index is 656. The van der Waals surface area contributed by atoms with E-state index in [0.29, 0.717) is 18.5 Å². The summed E-state index contributed by atoms with van der Waals surface area (Å²) in [5.74, 6) is -1.10. The van der Waals surface area contributed by atoms with Gasteiger partial charge in [0.05, 0.1) is 0 Å². The zero-order valence-electron chi connectivity index (χ0n) is 13.1. The van der Waals surface area contributed by atoms with Crippen LogP contribution in [0, 0.1) is 0 Å². The van der Waals surface area contributed by atoms with Crippen LogP contribution in [0.1, 0.15) is 37.3 Å². The summed E-state index contributed by atoms with van der Waals surface area (Å²) in [6.45, 7) is 1.53. The molecule has 1 saturated heterocycles. The SMILES string of the molecule is C[C@H](OC(=O)[C@H]1CCC(=O)N1)C(=O)Nc1ccc2c(c1)CCC2. The average molecular weight is 316 g/mol. The number of fused-ring (bicyclic) bond motifs is 1. The topological polar surface area (TPSA) is 84.5 Å². The van der Waals surface area contributed by atoms with Gasteiger partial charge < -0.3 is 15.4 Å². The molecule has 0 unspecified atom stereocenters. The smallest absolute Gasteiger partial charge is 0.329 e. The van der Waals surface area contributed by atoms with Gasteiger partial charge in [0.1, 0.15) is 6.04 Å². The van der Waals surface area contributed by atoms with Crippen LogP contribution in [0.2, 0.25) is 0 Å². The van der Waals surface area contributed by atoms with Gasteiger partial charge in [-0.25, -0.2) is 4.79 Å². The van der Waals surface area contributed by atoms with Crippen molar-refractivity contribution in [1.82, 2.24) is 5.32 Å². The predicted octanol–water partition coefficient (Wildman–Crippen LogP) is 1.32. The summed E-state index contributed by atoms with van der Waals surface area (Å²) in [7, 11) is 0. The van der Waals surface area contributed by atoms with E-state index < -0.39 is 18.1 Å². The monoisotopic (exact) mass is 316 g/mol. The summed E-state index contributed by atoms with van der Waals surface area (Å²) in [4.78, 5) is 35.2. The van der Waals surface area contributed by atoms with E-state index in [2.05, 4.69) is 10.6 Å². The molecule has 2 amide bonds. The highest BCUT2D eigenvalue weighted by molar-refractivity contribution is 5.96. The molecule has 3 rings (SSSR count). The van der Waals surface area contributed by atoms with Crippen molar-refractivity contribution in [1.29, 1.82) is 0 Å². The molecule has 0 aromatic heterocycles. The minimum Gasteiger partial charge on any atom is -0.451 e. The molecule has 1 aromatic carbocycles. The van der Waals surface area contributed by atoms with Crippen molar-refractivity contribution in [3.05, 3.63) is 29.3 Å². The molecule has 2 aliphatic rings. The number of esters is 1. The predicted molar refractivity (Wildman–Crippen MR) is 83.8 cm³/mol. The third-order valence-electron chi connectivity index (χ3n) is 4.31. The van der Waals surface area contributed by atoms with E-state index in [1.165, 1.54) is 18.1 Å². The number of carbonyl (C=O) groups is 3. The first-order valence-corrected chi connectivity index (χ1v) is 7.95. The van der Waals surface area contributed by atoms with E-state index >= 15 is 0 Å². The summed E-state index contributed by atoms with van der Waals surface area (Å²) in [6.07, 6.45) is 3.09. The lowest BCUT2D eigenvalue weighted by molar-refractivity contribution is -0.155. The fraction of sp³-hybridized carbons (Fsp3) is 0.471. The Labute approximate surface area is 134 Å². The molecule has 0 radical (unpaired) electrons. The number of nitrogens with one attached hydrogen (secondary N) is 2. The summed E-state index contributed by atoms with van der Waals surface area (Å²) in [5.41, 5.74) is 3.31. The molecule has 6 heteroatoms.